The van der Waals surface area contributed by atoms with Gasteiger partial charge in [-0.1, -0.05) is 13.8 Å². The van der Waals surface area contributed by atoms with Gasteiger partial charge in [-0.05, 0) is 36.7 Å². The highest BCUT2D eigenvalue weighted by atomic mass is 19.4. The van der Waals surface area contributed by atoms with Crippen LogP contribution in [0.2, 0.25) is 0 Å². The van der Waals surface area contributed by atoms with E-state index < -0.39 is 17.7 Å². The van der Waals surface area contributed by atoms with Crippen LogP contribution in [0.4, 0.5) is 13.2 Å². The van der Waals surface area contributed by atoms with Crippen LogP contribution >= 0.6 is 0 Å². The van der Waals surface area contributed by atoms with Crippen molar-refractivity contribution in [3.05, 3.63) is 34.4 Å². The van der Waals surface area contributed by atoms with E-state index in [1.165, 1.54) is 6.07 Å². The van der Waals surface area contributed by atoms with Crippen molar-refractivity contribution >= 4 is 5.97 Å². The Morgan fingerprint density at radius 2 is 1.90 bits per heavy atom. The van der Waals surface area contributed by atoms with E-state index in [2.05, 4.69) is 0 Å². The van der Waals surface area contributed by atoms with E-state index in [-0.39, 0.29) is 17.7 Å². The summed E-state index contributed by atoms with van der Waals surface area (Å²) in [5.41, 5.74) is -0.448. The fraction of sp³-hybridized carbons (Fsp3) is 0.500. The molecular formula is C14H18F3NO2. The molecule has 0 aliphatic carbocycles. The summed E-state index contributed by atoms with van der Waals surface area (Å²) < 4.78 is 38.8. The van der Waals surface area contributed by atoms with Crippen molar-refractivity contribution in [2.24, 2.45) is 0 Å². The van der Waals surface area contributed by atoms with Gasteiger partial charge in [-0.3, -0.25) is 0 Å². The van der Waals surface area contributed by atoms with E-state index >= 15 is 0 Å². The Bertz CT molecular complexity index is 498. The van der Waals surface area contributed by atoms with Crippen LogP contribution in [0.3, 0.4) is 0 Å². The summed E-state index contributed by atoms with van der Waals surface area (Å²) in [4.78, 5) is 12.6. The van der Waals surface area contributed by atoms with Crippen molar-refractivity contribution in [3.63, 3.8) is 0 Å². The fourth-order valence-corrected chi connectivity index (χ4v) is 2.18. The number of rotatable bonds is 1. The zero-order valence-corrected chi connectivity index (χ0v) is 11.7. The molecule has 20 heavy (non-hydrogen) atoms. The molecule has 0 atom stereocenters. The summed E-state index contributed by atoms with van der Waals surface area (Å²) in [6, 6.07) is 2.07. The topological polar surface area (TPSA) is 40.5 Å². The van der Waals surface area contributed by atoms with Crippen LogP contribution in [0.15, 0.2) is 12.1 Å². The molecule has 0 saturated heterocycles. The van der Waals surface area contributed by atoms with Crippen LogP contribution in [-0.4, -0.2) is 29.6 Å². The lowest BCUT2D eigenvalue weighted by molar-refractivity contribution is -0.138. The predicted molar refractivity (Wildman–Crippen MR) is 69.8 cm³/mol. The molecule has 1 heterocycles. The standard InChI is InChI=1S/C12H12F3NO2.C2H6/c1-16-3-2-7-4-8(11(17)18)5-10(9(7)6-16)12(13,14)15;1-2/h4-5H,2-3,6H2,1H3,(H,17,18);1-2H3. The number of fused-ring (bicyclic) bond motifs is 1. The van der Waals surface area contributed by atoms with Gasteiger partial charge in [-0.15, -0.1) is 0 Å². The molecule has 112 valence electrons. The maximum atomic E-state index is 12.9. The number of likely N-dealkylation sites (N-methyl/N-ethyl adjacent to an activating group) is 1. The van der Waals surface area contributed by atoms with Crippen molar-refractivity contribution in [1.29, 1.82) is 0 Å². The first-order valence-corrected chi connectivity index (χ1v) is 6.44. The lowest BCUT2D eigenvalue weighted by Crippen LogP contribution is -2.29. The number of hydrogen-bond acceptors (Lipinski definition) is 2. The third-order valence-electron chi connectivity index (χ3n) is 3.09. The van der Waals surface area contributed by atoms with Crippen molar-refractivity contribution in [1.82, 2.24) is 4.90 Å². The quantitative estimate of drug-likeness (QED) is 0.861. The molecule has 3 nitrogen and oxygen atoms in total. The van der Waals surface area contributed by atoms with Gasteiger partial charge in [0.15, 0.2) is 0 Å². The number of benzene rings is 1. The summed E-state index contributed by atoms with van der Waals surface area (Å²) >= 11 is 0. The first-order chi connectivity index (χ1) is 9.29. The summed E-state index contributed by atoms with van der Waals surface area (Å²) in [7, 11) is 1.74. The zero-order valence-electron chi connectivity index (χ0n) is 11.7. The highest BCUT2D eigenvalue weighted by Gasteiger charge is 2.36. The molecule has 1 aliphatic heterocycles. The Kier molecular flexibility index (Phi) is 5.16. The maximum Gasteiger partial charge on any atom is 0.416 e. The monoisotopic (exact) mass is 289 g/mol. The van der Waals surface area contributed by atoms with E-state index in [4.69, 9.17) is 5.11 Å². The van der Waals surface area contributed by atoms with Crippen molar-refractivity contribution in [3.8, 4) is 0 Å². The van der Waals surface area contributed by atoms with E-state index in [1.807, 2.05) is 13.8 Å². The van der Waals surface area contributed by atoms with E-state index in [1.54, 1.807) is 11.9 Å². The molecule has 1 aromatic carbocycles. The fourth-order valence-electron chi connectivity index (χ4n) is 2.18. The average molecular weight is 289 g/mol. The SMILES string of the molecule is CC.CN1CCc2cc(C(=O)O)cc(C(F)(F)F)c2C1. The van der Waals surface area contributed by atoms with E-state index in [0.29, 0.717) is 18.5 Å². The minimum absolute atomic E-state index is 0.196. The lowest BCUT2D eigenvalue weighted by Gasteiger charge is -2.28. The molecule has 0 saturated carbocycles. The van der Waals surface area contributed by atoms with Gasteiger partial charge in [0.2, 0.25) is 0 Å². The first kappa shape index (κ1) is 16.5. The molecular weight excluding hydrogens is 271 g/mol. The number of alkyl halides is 3. The molecule has 0 unspecified atom stereocenters. The van der Waals surface area contributed by atoms with Gasteiger partial charge in [0.1, 0.15) is 0 Å². The Balaban J connectivity index is 0.000000956. The average Bonchev–Trinajstić information content (AvgIpc) is 2.38. The lowest BCUT2D eigenvalue weighted by atomic mass is 9.92. The Morgan fingerprint density at radius 3 is 2.40 bits per heavy atom. The van der Waals surface area contributed by atoms with Gasteiger partial charge in [0.25, 0.3) is 0 Å². The number of carboxylic acids is 1. The van der Waals surface area contributed by atoms with E-state index in [9.17, 15) is 18.0 Å². The normalized spacial score (nSPS) is 15.1. The van der Waals surface area contributed by atoms with Crippen molar-refractivity contribution < 1.29 is 23.1 Å². The number of halogens is 3. The van der Waals surface area contributed by atoms with Crippen LogP contribution in [0.5, 0.6) is 0 Å². The first-order valence-electron chi connectivity index (χ1n) is 6.44. The number of aromatic carboxylic acids is 1. The minimum Gasteiger partial charge on any atom is -0.478 e. The number of nitrogens with zero attached hydrogens (tertiary/aromatic N) is 1. The van der Waals surface area contributed by atoms with Crippen LogP contribution in [0.25, 0.3) is 0 Å². The third-order valence-corrected chi connectivity index (χ3v) is 3.09. The highest BCUT2D eigenvalue weighted by Crippen LogP contribution is 2.36. The molecule has 0 fully saturated rings. The number of carbonyl (C=O) groups is 1. The second-order valence-electron chi connectivity index (χ2n) is 4.45. The van der Waals surface area contributed by atoms with Gasteiger partial charge in [-0.25, -0.2) is 4.79 Å². The third kappa shape index (κ3) is 3.50. The maximum absolute atomic E-state index is 12.9. The van der Waals surface area contributed by atoms with Crippen LogP contribution in [0, 0.1) is 0 Å². The summed E-state index contributed by atoms with van der Waals surface area (Å²) in [6.07, 6.45) is -4.08. The van der Waals surface area contributed by atoms with E-state index in [0.717, 1.165) is 6.07 Å². The molecule has 1 N–H and O–H groups in total. The second-order valence-corrected chi connectivity index (χ2v) is 4.45. The molecule has 1 aliphatic rings. The van der Waals surface area contributed by atoms with Crippen LogP contribution in [0.1, 0.15) is 40.9 Å². The van der Waals surface area contributed by atoms with Gasteiger partial charge >= 0.3 is 12.1 Å². The van der Waals surface area contributed by atoms with Gasteiger partial charge in [0.05, 0.1) is 11.1 Å². The zero-order chi connectivity index (χ0) is 15.5. The molecule has 1 aromatic rings. The van der Waals surface area contributed by atoms with Crippen molar-refractivity contribution in [2.75, 3.05) is 13.6 Å². The molecule has 6 heteroatoms. The summed E-state index contributed by atoms with van der Waals surface area (Å²) in [6.45, 7) is 4.83. The Hall–Kier alpha value is -1.56. The number of carboxylic acid groups (broad SMARTS) is 1. The Morgan fingerprint density at radius 1 is 1.30 bits per heavy atom. The molecule has 0 amide bonds. The van der Waals surface area contributed by atoms with Gasteiger partial charge in [0, 0.05) is 13.1 Å². The molecule has 2 rings (SSSR count). The molecule has 0 aromatic heterocycles. The predicted octanol–water partition coefficient (Wildman–Crippen LogP) is 3.42. The molecule has 0 radical (unpaired) electrons. The van der Waals surface area contributed by atoms with Crippen molar-refractivity contribution in [2.45, 2.75) is 33.0 Å². The largest absolute Gasteiger partial charge is 0.478 e. The molecule has 0 bridgehead atoms. The summed E-state index contributed by atoms with van der Waals surface area (Å²) in [5.74, 6) is -1.33. The van der Waals surface area contributed by atoms with Gasteiger partial charge < -0.3 is 10.0 Å². The summed E-state index contributed by atoms with van der Waals surface area (Å²) in [5, 5.41) is 8.85. The minimum atomic E-state index is -4.52. The van der Waals surface area contributed by atoms with Crippen LogP contribution in [-0.2, 0) is 19.1 Å². The Labute approximate surface area is 116 Å². The second kappa shape index (κ2) is 6.26. The smallest absolute Gasteiger partial charge is 0.416 e. The van der Waals surface area contributed by atoms with Crippen LogP contribution < -0.4 is 0 Å². The van der Waals surface area contributed by atoms with Gasteiger partial charge in [-0.2, -0.15) is 13.2 Å². The number of hydrogen-bond donors (Lipinski definition) is 1. The highest BCUT2D eigenvalue weighted by molar-refractivity contribution is 5.88. The molecule has 0 spiro atoms.